The van der Waals surface area contributed by atoms with Crippen LogP contribution in [-0.2, 0) is 0 Å². The van der Waals surface area contributed by atoms with Crippen LogP contribution >= 0.6 is 11.6 Å². The number of benzene rings is 1. The zero-order valence-electron chi connectivity index (χ0n) is 13.8. The quantitative estimate of drug-likeness (QED) is 0.766. The standard InChI is InChI=1S/C19H19ClN4O/c20-14-7-9-16(10-8-14)24-17(25)11-6-13-12-21-19(23-18(13)24)22-15-4-2-1-3-5-15/h6-12,15H,1-5H2,(H,21,22,23). The Morgan fingerprint density at radius 2 is 1.80 bits per heavy atom. The largest absolute Gasteiger partial charge is 0.351 e. The van der Waals surface area contributed by atoms with Gasteiger partial charge in [0.25, 0.3) is 5.56 Å². The molecule has 1 fully saturated rings. The minimum absolute atomic E-state index is 0.128. The highest BCUT2D eigenvalue weighted by Crippen LogP contribution is 2.22. The average molecular weight is 355 g/mol. The lowest BCUT2D eigenvalue weighted by Crippen LogP contribution is -2.24. The third-order valence-electron chi connectivity index (χ3n) is 4.66. The number of rotatable bonds is 3. The number of hydrogen-bond donors (Lipinski definition) is 1. The highest BCUT2D eigenvalue weighted by atomic mass is 35.5. The van der Waals surface area contributed by atoms with E-state index >= 15 is 0 Å². The summed E-state index contributed by atoms with van der Waals surface area (Å²) in [5, 5.41) is 4.88. The Balaban J connectivity index is 1.78. The maximum absolute atomic E-state index is 12.5. The molecule has 0 radical (unpaired) electrons. The average Bonchev–Trinajstić information content (AvgIpc) is 2.64. The molecule has 1 aliphatic rings. The second-order valence-corrected chi connectivity index (χ2v) is 6.87. The van der Waals surface area contributed by atoms with E-state index in [0.717, 1.165) is 23.9 Å². The summed E-state index contributed by atoms with van der Waals surface area (Å²) < 4.78 is 1.60. The molecule has 1 aromatic carbocycles. The zero-order valence-corrected chi connectivity index (χ0v) is 14.5. The van der Waals surface area contributed by atoms with E-state index in [2.05, 4.69) is 15.3 Å². The number of anilines is 1. The molecule has 0 amide bonds. The second kappa shape index (κ2) is 6.84. The molecule has 4 rings (SSSR count). The van der Waals surface area contributed by atoms with Gasteiger partial charge in [0.05, 0.1) is 5.69 Å². The molecule has 1 aliphatic carbocycles. The summed E-state index contributed by atoms with van der Waals surface area (Å²) in [5.41, 5.74) is 1.21. The summed E-state index contributed by atoms with van der Waals surface area (Å²) in [6.45, 7) is 0. The number of hydrogen-bond acceptors (Lipinski definition) is 4. The van der Waals surface area contributed by atoms with Gasteiger partial charge in [-0.3, -0.25) is 9.36 Å². The third-order valence-corrected chi connectivity index (χ3v) is 4.91. The van der Waals surface area contributed by atoms with E-state index in [9.17, 15) is 4.79 Å². The molecule has 0 bridgehead atoms. The second-order valence-electron chi connectivity index (χ2n) is 6.44. The fourth-order valence-corrected chi connectivity index (χ4v) is 3.48. The van der Waals surface area contributed by atoms with E-state index in [4.69, 9.17) is 11.6 Å². The van der Waals surface area contributed by atoms with Crippen molar-refractivity contribution in [2.75, 3.05) is 5.32 Å². The predicted octanol–water partition coefficient (Wildman–Crippen LogP) is 4.18. The van der Waals surface area contributed by atoms with Crippen LogP contribution in [0.15, 0.2) is 47.4 Å². The van der Waals surface area contributed by atoms with Gasteiger partial charge in [0.1, 0.15) is 0 Å². The molecule has 2 heterocycles. The van der Waals surface area contributed by atoms with E-state index in [1.807, 2.05) is 12.1 Å². The molecule has 1 saturated carbocycles. The van der Waals surface area contributed by atoms with Crippen molar-refractivity contribution in [3.63, 3.8) is 0 Å². The normalized spacial score (nSPS) is 15.4. The first-order valence-electron chi connectivity index (χ1n) is 8.62. The van der Waals surface area contributed by atoms with Gasteiger partial charge in [-0.05, 0) is 43.2 Å². The third kappa shape index (κ3) is 3.37. The molecule has 3 aromatic rings. The van der Waals surface area contributed by atoms with Crippen LogP contribution < -0.4 is 10.9 Å². The Morgan fingerprint density at radius 1 is 1.04 bits per heavy atom. The summed E-state index contributed by atoms with van der Waals surface area (Å²) in [6.07, 6.45) is 7.81. The lowest BCUT2D eigenvalue weighted by molar-refractivity contribution is 0.461. The van der Waals surface area contributed by atoms with Crippen LogP contribution in [0.5, 0.6) is 0 Å². The molecule has 0 atom stereocenters. The van der Waals surface area contributed by atoms with Crippen LogP contribution in [-0.4, -0.2) is 20.6 Å². The molecular formula is C19H19ClN4O. The molecule has 5 nitrogen and oxygen atoms in total. The van der Waals surface area contributed by atoms with Crippen molar-refractivity contribution >= 4 is 28.6 Å². The molecule has 0 unspecified atom stereocenters. The van der Waals surface area contributed by atoms with Gasteiger partial charge in [-0.1, -0.05) is 30.9 Å². The van der Waals surface area contributed by atoms with Crippen molar-refractivity contribution in [2.45, 2.75) is 38.1 Å². The maximum Gasteiger partial charge on any atom is 0.256 e. The Hall–Kier alpha value is -2.40. The number of halogens is 1. The van der Waals surface area contributed by atoms with Crippen LogP contribution in [0.1, 0.15) is 32.1 Å². The molecule has 25 heavy (non-hydrogen) atoms. The van der Waals surface area contributed by atoms with Crippen molar-refractivity contribution in [3.8, 4) is 5.69 Å². The zero-order chi connectivity index (χ0) is 17.2. The molecule has 0 saturated heterocycles. The minimum atomic E-state index is -0.128. The summed E-state index contributed by atoms with van der Waals surface area (Å²) in [7, 11) is 0. The molecule has 2 aromatic heterocycles. The Bertz CT molecular complexity index is 946. The van der Waals surface area contributed by atoms with Gasteiger partial charge >= 0.3 is 0 Å². The topological polar surface area (TPSA) is 59.8 Å². The Labute approximate surface area is 150 Å². The van der Waals surface area contributed by atoms with E-state index in [0.29, 0.717) is 22.7 Å². The number of pyridine rings is 1. The van der Waals surface area contributed by atoms with E-state index in [-0.39, 0.29) is 5.56 Å². The lowest BCUT2D eigenvalue weighted by Gasteiger charge is -2.22. The van der Waals surface area contributed by atoms with Crippen molar-refractivity contribution < 1.29 is 0 Å². The lowest BCUT2D eigenvalue weighted by atomic mass is 9.96. The van der Waals surface area contributed by atoms with E-state index in [1.54, 1.807) is 29.0 Å². The van der Waals surface area contributed by atoms with Crippen LogP contribution in [0.3, 0.4) is 0 Å². The number of nitrogens with zero attached hydrogens (tertiary/aromatic N) is 3. The Kier molecular flexibility index (Phi) is 4.40. The molecule has 0 aliphatic heterocycles. The van der Waals surface area contributed by atoms with Crippen LogP contribution in [0.2, 0.25) is 5.02 Å². The molecular weight excluding hydrogens is 336 g/mol. The first kappa shape index (κ1) is 16.1. The van der Waals surface area contributed by atoms with Gasteiger partial charge in [0, 0.05) is 28.7 Å². The fourth-order valence-electron chi connectivity index (χ4n) is 3.36. The summed E-state index contributed by atoms with van der Waals surface area (Å²) in [6, 6.07) is 10.9. The van der Waals surface area contributed by atoms with Gasteiger partial charge in [0.15, 0.2) is 5.65 Å². The van der Waals surface area contributed by atoms with Gasteiger partial charge in [-0.15, -0.1) is 0 Å². The molecule has 0 spiro atoms. The van der Waals surface area contributed by atoms with Crippen molar-refractivity contribution in [3.05, 3.63) is 58.0 Å². The van der Waals surface area contributed by atoms with Crippen LogP contribution in [0.4, 0.5) is 5.95 Å². The van der Waals surface area contributed by atoms with Crippen LogP contribution in [0, 0.1) is 0 Å². The van der Waals surface area contributed by atoms with Gasteiger partial charge < -0.3 is 5.32 Å². The summed E-state index contributed by atoms with van der Waals surface area (Å²) >= 11 is 5.97. The summed E-state index contributed by atoms with van der Waals surface area (Å²) in [4.78, 5) is 21.5. The highest BCUT2D eigenvalue weighted by Gasteiger charge is 2.15. The first-order chi connectivity index (χ1) is 12.2. The van der Waals surface area contributed by atoms with Crippen molar-refractivity contribution in [1.29, 1.82) is 0 Å². The molecule has 128 valence electrons. The molecule has 1 N–H and O–H groups in total. The Morgan fingerprint density at radius 3 is 2.56 bits per heavy atom. The SMILES string of the molecule is O=c1ccc2cnc(NC3CCCCC3)nc2n1-c1ccc(Cl)cc1. The van der Waals surface area contributed by atoms with Gasteiger partial charge in [-0.2, -0.15) is 4.98 Å². The van der Waals surface area contributed by atoms with E-state index in [1.165, 1.54) is 25.3 Å². The van der Waals surface area contributed by atoms with Gasteiger partial charge in [0.2, 0.25) is 5.95 Å². The maximum atomic E-state index is 12.5. The molecule has 6 heteroatoms. The van der Waals surface area contributed by atoms with Crippen molar-refractivity contribution in [1.82, 2.24) is 14.5 Å². The van der Waals surface area contributed by atoms with E-state index < -0.39 is 0 Å². The number of aromatic nitrogens is 3. The van der Waals surface area contributed by atoms with Gasteiger partial charge in [-0.25, -0.2) is 4.98 Å². The van der Waals surface area contributed by atoms with Crippen molar-refractivity contribution in [2.24, 2.45) is 0 Å². The smallest absolute Gasteiger partial charge is 0.256 e. The monoisotopic (exact) mass is 354 g/mol. The highest BCUT2D eigenvalue weighted by molar-refractivity contribution is 6.30. The number of nitrogens with one attached hydrogen (secondary N) is 1. The minimum Gasteiger partial charge on any atom is -0.351 e. The number of fused-ring (bicyclic) bond motifs is 1. The fraction of sp³-hybridized carbons (Fsp3) is 0.316. The summed E-state index contributed by atoms with van der Waals surface area (Å²) in [5.74, 6) is 0.577. The first-order valence-corrected chi connectivity index (χ1v) is 9.00. The van der Waals surface area contributed by atoms with Crippen LogP contribution in [0.25, 0.3) is 16.7 Å². The predicted molar refractivity (Wildman–Crippen MR) is 101 cm³/mol.